The predicted octanol–water partition coefficient (Wildman–Crippen LogP) is 3.61. The van der Waals surface area contributed by atoms with Gasteiger partial charge >= 0.3 is 5.97 Å². The van der Waals surface area contributed by atoms with Crippen LogP contribution in [0.15, 0.2) is 48.8 Å². The molecule has 2 aliphatic heterocycles. The number of methoxy groups -OCH3 is 2. The molecule has 4 rings (SSSR count). The second-order valence-corrected chi connectivity index (χ2v) is 7.73. The number of esters is 1. The molecule has 0 amide bonds. The summed E-state index contributed by atoms with van der Waals surface area (Å²) in [5, 5.41) is 15.0. The molecule has 1 fully saturated rings. The third-order valence-corrected chi connectivity index (χ3v) is 6.37. The van der Waals surface area contributed by atoms with Gasteiger partial charge in [-0.25, -0.2) is 4.79 Å². The van der Waals surface area contributed by atoms with Crippen molar-refractivity contribution in [3.8, 4) is 0 Å². The van der Waals surface area contributed by atoms with Crippen molar-refractivity contribution >= 4 is 16.9 Å². The fourth-order valence-corrected chi connectivity index (χ4v) is 5.02. The monoisotopic (exact) mass is 382 g/mol. The van der Waals surface area contributed by atoms with E-state index < -0.39 is 5.97 Å². The van der Waals surface area contributed by atoms with E-state index in [1.807, 2.05) is 18.2 Å². The van der Waals surface area contributed by atoms with Gasteiger partial charge in [0.1, 0.15) is 6.04 Å². The molecule has 1 saturated heterocycles. The lowest BCUT2D eigenvalue weighted by Crippen LogP contribution is -2.57. The molecule has 1 aromatic heterocycles. The number of aromatic amines is 1. The first-order valence-electron chi connectivity index (χ1n) is 9.63. The molecule has 3 heterocycles. The summed E-state index contributed by atoms with van der Waals surface area (Å²) in [5.41, 5.74) is 3.77. The maximum absolute atomic E-state index is 13.8. The molecule has 0 saturated carbocycles. The van der Waals surface area contributed by atoms with Crippen molar-refractivity contribution in [3.05, 3.63) is 65.2 Å². The Labute approximate surface area is 164 Å². The number of hydrogen-bond donors (Lipinski definition) is 1. The van der Waals surface area contributed by atoms with E-state index in [4.69, 9.17) is 9.47 Å². The van der Waals surface area contributed by atoms with E-state index in [1.54, 1.807) is 6.08 Å². The molecule has 6 heteroatoms. The zero-order valence-corrected chi connectivity index (χ0v) is 16.3. The van der Waals surface area contributed by atoms with E-state index in [2.05, 4.69) is 17.6 Å². The number of ether oxygens (including phenoxy) is 2. The molecule has 0 radical (unpaired) electrons. The number of aromatic nitrogens is 1. The topological polar surface area (TPSA) is 74.4 Å². The standard InChI is InChI=1S/C22H26N2O4/c1-4-14-12-24(26)10-9-16-15-7-5-6-8-19(15)23-21(16)20(24)11-17(14)18(13-27-2)22(25)28-3/h4-8,13-14,17,20,23H,1,9-12H2,2-3H3/b18-13+/t14-,17-,20-,24-/m0/s1. The summed E-state index contributed by atoms with van der Waals surface area (Å²) < 4.78 is 9.86. The van der Waals surface area contributed by atoms with Gasteiger partial charge in [0.25, 0.3) is 0 Å². The van der Waals surface area contributed by atoms with Crippen LogP contribution in [0.5, 0.6) is 0 Å². The van der Waals surface area contributed by atoms with Crippen molar-refractivity contribution in [1.82, 2.24) is 4.98 Å². The molecule has 28 heavy (non-hydrogen) atoms. The van der Waals surface area contributed by atoms with Gasteiger partial charge in [0.15, 0.2) is 0 Å². The van der Waals surface area contributed by atoms with Gasteiger partial charge < -0.3 is 24.3 Å². The van der Waals surface area contributed by atoms with Crippen LogP contribution in [0.1, 0.15) is 23.7 Å². The van der Waals surface area contributed by atoms with Gasteiger partial charge in [-0.2, -0.15) is 0 Å². The number of rotatable bonds is 4. The third-order valence-electron chi connectivity index (χ3n) is 6.37. The molecule has 148 valence electrons. The lowest BCUT2D eigenvalue weighted by atomic mass is 9.74. The summed E-state index contributed by atoms with van der Waals surface area (Å²) in [6.45, 7) is 4.87. The number of hydrogen-bond acceptors (Lipinski definition) is 4. The van der Waals surface area contributed by atoms with Gasteiger partial charge in [-0.05, 0) is 11.6 Å². The molecule has 6 nitrogen and oxygen atoms in total. The molecular formula is C22H26N2O4. The molecular weight excluding hydrogens is 356 g/mol. The smallest absolute Gasteiger partial charge is 0.337 e. The first-order chi connectivity index (χ1) is 13.5. The molecule has 0 spiro atoms. The Morgan fingerprint density at radius 2 is 2.14 bits per heavy atom. The molecule has 4 atom stereocenters. The third kappa shape index (κ3) is 2.84. The number of piperidine rings is 1. The molecule has 2 aromatic rings. The average Bonchev–Trinajstić information content (AvgIpc) is 3.09. The number of nitrogens with one attached hydrogen (secondary N) is 1. The second-order valence-electron chi connectivity index (χ2n) is 7.73. The molecule has 1 N–H and O–H groups in total. The molecule has 0 bridgehead atoms. The summed E-state index contributed by atoms with van der Waals surface area (Å²) in [6, 6.07) is 7.93. The van der Waals surface area contributed by atoms with Crippen LogP contribution in [0.3, 0.4) is 0 Å². The van der Waals surface area contributed by atoms with Gasteiger partial charge in [-0.1, -0.05) is 24.3 Å². The summed E-state index contributed by atoms with van der Waals surface area (Å²) in [7, 11) is 2.88. The highest BCUT2D eigenvalue weighted by molar-refractivity contribution is 5.89. The van der Waals surface area contributed by atoms with E-state index in [-0.39, 0.29) is 22.5 Å². The highest BCUT2D eigenvalue weighted by atomic mass is 16.5. The predicted molar refractivity (Wildman–Crippen MR) is 107 cm³/mol. The minimum atomic E-state index is -0.419. The van der Waals surface area contributed by atoms with E-state index >= 15 is 0 Å². The number of H-pyrrole nitrogens is 1. The Kier molecular flexibility index (Phi) is 4.77. The van der Waals surface area contributed by atoms with Crippen LogP contribution >= 0.6 is 0 Å². The fourth-order valence-electron chi connectivity index (χ4n) is 5.02. The van der Waals surface area contributed by atoms with Crippen LogP contribution in [0.4, 0.5) is 0 Å². The Balaban J connectivity index is 1.79. The van der Waals surface area contributed by atoms with Crippen LogP contribution < -0.4 is 0 Å². The molecule has 2 aliphatic rings. The SMILES string of the molecule is C=C[C@H]1C[N@@+]2([O-])CCc3c([nH]c4ccccc34)[C@@H]2C[C@@H]1/C(=C\OC)C(=O)OC. The summed E-state index contributed by atoms with van der Waals surface area (Å²) in [4.78, 5) is 15.9. The normalized spacial score (nSPS) is 29.7. The van der Waals surface area contributed by atoms with Crippen LogP contribution in [0.2, 0.25) is 0 Å². The van der Waals surface area contributed by atoms with E-state index in [9.17, 15) is 10.0 Å². The number of carbonyl (C=O) groups is 1. The number of nitrogens with zero attached hydrogens (tertiary/aromatic N) is 1. The second kappa shape index (κ2) is 7.11. The zero-order valence-electron chi connectivity index (χ0n) is 16.3. The van der Waals surface area contributed by atoms with Crippen molar-refractivity contribution in [2.75, 3.05) is 27.3 Å². The zero-order chi connectivity index (χ0) is 19.9. The minimum Gasteiger partial charge on any atom is -0.632 e. The van der Waals surface area contributed by atoms with Crippen molar-refractivity contribution in [2.24, 2.45) is 11.8 Å². The van der Waals surface area contributed by atoms with Gasteiger partial charge in [0.05, 0.1) is 44.8 Å². The van der Waals surface area contributed by atoms with Crippen LogP contribution in [-0.2, 0) is 20.7 Å². The largest absolute Gasteiger partial charge is 0.632 e. The number of benzene rings is 1. The van der Waals surface area contributed by atoms with Crippen molar-refractivity contribution in [2.45, 2.75) is 18.9 Å². The Morgan fingerprint density at radius 3 is 2.86 bits per heavy atom. The fraction of sp³-hybridized carbons (Fsp3) is 0.409. The number of hydroxylamine groups is 3. The molecule has 0 aliphatic carbocycles. The van der Waals surface area contributed by atoms with Crippen LogP contribution in [0, 0.1) is 17.0 Å². The van der Waals surface area contributed by atoms with E-state index in [0.29, 0.717) is 25.1 Å². The van der Waals surface area contributed by atoms with Crippen molar-refractivity contribution in [1.29, 1.82) is 0 Å². The van der Waals surface area contributed by atoms with Crippen LogP contribution in [0.25, 0.3) is 10.9 Å². The molecule has 0 unspecified atom stereocenters. The number of para-hydroxylation sites is 1. The Hall–Kier alpha value is -2.57. The maximum Gasteiger partial charge on any atom is 0.337 e. The summed E-state index contributed by atoms with van der Waals surface area (Å²) in [5.74, 6) is -0.704. The lowest BCUT2D eigenvalue weighted by Gasteiger charge is -2.57. The van der Waals surface area contributed by atoms with E-state index in [0.717, 1.165) is 17.6 Å². The first kappa shape index (κ1) is 18.8. The summed E-state index contributed by atoms with van der Waals surface area (Å²) in [6.07, 6.45) is 4.55. The summed E-state index contributed by atoms with van der Waals surface area (Å²) >= 11 is 0. The van der Waals surface area contributed by atoms with Crippen LogP contribution in [-0.4, -0.2) is 42.9 Å². The van der Waals surface area contributed by atoms with Gasteiger partial charge in [0, 0.05) is 35.6 Å². The Bertz CT molecular complexity index is 947. The van der Waals surface area contributed by atoms with E-state index in [1.165, 1.54) is 31.4 Å². The number of carbonyl (C=O) groups excluding carboxylic acids is 1. The maximum atomic E-state index is 13.8. The number of quaternary nitrogens is 1. The average molecular weight is 382 g/mol. The highest BCUT2D eigenvalue weighted by Crippen LogP contribution is 2.49. The van der Waals surface area contributed by atoms with Gasteiger partial charge in [0.2, 0.25) is 0 Å². The minimum absolute atomic E-state index is 0.111. The lowest BCUT2D eigenvalue weighted by molar-refractivity contribution is -0.923. The number of fused-ring (bicyclic) bond motifs is 5. The quantitative estimate of drug-likeness (QED) is 0.219. The van der Waals surface area contributed by atoms with Crippen molar-refractivity contribution in [3.63, 3.8) is 0 Å². The highest BCUT2D eigenvalue weighted by Gasteiger charge is 2.48. The molecule has 1 aromatic carbocycles. The Morgan fingerprint density at radius 1 is 1.36 bits per heavy atom. The van der Waals surface area contributed by atoms with Crippen molar-refractivity contribution < 1.29 is 18.9 Å². The van der Waals surface area contributed by atoms with Gasteiger partial charge in [-0.3, -0.25) is 0 Å². The first-order valence-corrected chi connectivity index (χ1v) is 9.63. The van der Waals surface area contributed by atoms with Gasteiger partial charge in [-0.15, -0.1) is 6.58 Å².